The van der Waals surface area contributed by atoms with Crippen LogP contribution in [0, 0.1) is 0 Å². The lowest BCUT2D eigenvalue weighted by molar-refractivity contribution is -0.136. The lowest BCUT2D eigenvalue weighted by Crippen LogP contribution is -2.06. The van der Waals surface area contributed by atoms with E-state index in [2.05, 4.69) is 0 Å². The van der Waals surface area contributed by atoms with Gasteiger partial charge in [-0.25, -0.2) is 0 Å². The zero-order valence-corrected chi connectivity index (χ0v) is 11.5. The van der Waals surface area contributed by atoms with Gasteiger partial charge < -0.3 is 14.6 Å². The number of thiophene rings is 1. The van der Waals surface area contributed by atoms with E-state index in [9.17, 15) is 14.7 Å². The van der Waals surface area contributed by atoms with Crippen LogP contribution in [-0.4, -0.2) is 22.0 Å². The van der Waals surface area contributed by atoms with Gasteiger partial charge in [0.2, 0.25) is 5.78 Å². The lowest BCUT2D eigenvalue weighted by Gasteiger charge is -2.08. The number of carboxylic acid groups (broad SMARTS) is 1. The Morgan fingerprint density at radius 3 is 2.76 bits per heavy atom. The van der Waals surface area contributed by atoms with Crippen LogP contribution in [0.1, 0.15) is 21.5 Å². The van der Waals surface area contributed by atoms with Crippen molar-refractivity contribution in [2.75, 3.05) is 0 Å². The van der Waals surface area contributed by atoms with E-state index >= 15 is 0 Å². The number of hydrogen-bond acceptors (Lipinski definition) is 5. The molecular weight excluding hydrogens is 292 g/mol. The minimum Gasteiger partial charge on any atom is -0.507 e. The first-order valence-corrected chi connectivity index (χ1v) is 7.03. The highest BCUT2D eigenvalue weighted by Gasteiger charge is 2.23. The molecule has 21 heavy (non-hydrogen) atoms. The van der Waals surface area contributed by atoms with E-state index in [0.717, 1.165) is 0 Å². The summed E-state index contributed by atoms with van der Waals surface area (Å²) in [6, 6.07) is 4.79. The average Bonchev–Trinajstić information content (AvgIpc) is 3.08. The molecule has 0 atom stereocenters. The topological polar surface area (TPSA) is 87.7 Å². The number of phenolic OH excluding ortho intramolecular Hbond substituents is 1. The number of ketones is 1. The molecule has 0 radical (unpaired) electrons. The maximum Gasteiger partial charge on any atom is 0.307 e. The van der Waals surface area contributed by atoms with Crippen molar-refractivity contribution >= 4 is 34.1 Å². The molecule has 0 unspecified atom stereocenters. The number of hydrogen-bond donors (Lipinski definition) is 2. The third-order valence-electron chi connectivity index (χ3n) is 3.15. The summed E-state index contributed by atoms with van der Waals surface area (Å²) < 4.78 is 5.28. The van der Waals surface area contributed by atoms with E-state index < -0.39 is 5.97 Å². The Morgan fingerprint density at radius 1 is 1.29 bits per heavy atom. The van der Waals surface area contributed by atoms with Gasteiger partial charge in [-0.15, -0.1) is 0 Å². The van der Waals surface area contributed by atoms with Crippen LogP contribution in [0.2, 0.25) is 0 Å². The number of aliphatic carboxylic acids is 1. The lowest BCUT2D eigenvalue weighted by atomic mass is 9.97. The molecule has 0 aliphatic rings. The van der Waals surface area contributed by atoms with E-state index in [1.54, 1.807) is 22.9 Å². The molecule has 6 heteroatoms. The van der Waals surface area contributed by atoms with Crippen molar-refractivity contribution in [2.24, 2.45) is 0 Å². The standard InChI is InChI=1S/C15H10O5S/c16-11(17)6-10-5-8-1-3-20-15(8)12(14(10)19)13(18)9-2-4-21-7-9/h1-5,7,19H,6H2,(H,16,17). The minimum absolute atomic E-state index is 0.00662. The van der Waals surface area contributed by atoms with Gasteiger partial charge in [0.1, 0.15) is 16.9 Å². The molecule has 106 valence electrons. The fourth-order valence-electron chi connectivity index (χ4n) is 2.21. The molecule has 2 N–H and O–H groups in total. The summed E-state index contributed by atoms with van der Waals surface area (Å²) in [4.78, 5) is 23.4. The molecule has 0 amide bonds. The summed E-state index contributed by atoms with van der Waals surface area (Å²) in [6.45, 7) is 0. The monoisotopic (exact) mass is 302 g/mol. The molecule has 3 aromatic rings. The zero-order valence-electron chi connectivity index (χ0n) is 10.7. The molecular formula is C15H10O5S. The number of phenols is 1. The van der Waals surface area contributed by atoms with E-state index in [0.29, 0.717) is 10.9 Å². The molecule has 5 nitrogen and oxygen atoms in total. The Hall–Kier alpha value is -2.60. The zero-order chi connectivity index (χ0) is 15.0. The Bertz CT molecular complexity index is 829. The van der Waals surface area contributed by atoms with Gasteiger partial charge in [0.05, 0.1) is 12.7 Å². The second kappa shape index (κ2) is 5.06. The number of carbonyl (C=O) groups excluding carboxylic acids is 1. The molecule has 1 aromatic carbocycles. The number of furan rings is 1. The van der Waals surface area contributed by atoms with Crippen LogP contribution in [0.4, 0.5) is 0 Å². The van der Waals surface area contributed by atoms with Gasteiger partial charge in [-0.2, -0.15) is 11.3 Å². The van der Waals surface area contributed by atoms with Crippen molar-refractivity contribution in [2.45, 2.75) is 6.42 Å². The van der Waals surface area contributed by atoms with E-state index in [1.807, 2.05) is 0 Å². The fourth-order valence-corrected chi connectivity index (χ4v) is 2.84. The molecule has 0 aliphatic carbocycles. The van der Waals surface area contributed by atoms with E-state index in [1.165, 1.54) is 23.7 Å². The summed E-state index contributed by atoms with van der Waals surface area (Å²) >= 11 is 1.36. The van der Waals surface area contributed by atoms with E-state index in [4.69, 9.17) is 9.52 Å². The van der Waals surface area contributed by atoms with Crippen LogP contribution in [0.3, 0.4) is 0 Å². The molecule has 0 bridgehead atoms. The first kappa shape index (κ1) is 13.4. The smallest absolute Gasteiger partial charge is 0.307 e. The Morgan fingerprint density at radius 2 is 2.10 bits per heavy atom. The highest BCUT2D eigenvalue weighted by atomic mass is 32.1. The second-order valence-electron chi connectivity index (χ2n) is 4.51. The first-order valence-electron chi connectivity index (χ1n) is 6.08. The molecule has 0 saturated heterocycles. The van der Waals surface area contributed by atoms with Gasteiger partial charge >= 0.3 is 5.97 Å². The van der Waals surface area contributed by atoms with Crippen LogP contribution in [0.15, 0.2) is 39.6 Å². The Kier molecular flexibility index (Phi) is 3.23. The molecule has 0 aliphatic heterocycles. The highest BCUT2D eigenvalue weighted by molar-refractivity contribution is 7.08. The van der Waals surface area contributed by atoms with Crippen LogP contribution < -0.4 is 0 Å². The largest absolute Gasteiger partial charge is 0.507 e. The molecule has 0 spiro atoms. The number of carboxylic acids is 1. The van der Waals surface area contributed by atoms with E-state index in [-0.39, 0.29) is 34.7 Å². The molecule has 2 heterocycles. The van der Waals surface area contributed by atoms with Crippen LogP contribution in [-0.2, 0) is 11.2 Å². The van der Waals surface area contributed by atoms with Crippen molar-refractivity contribution in [3.8, 4) is 5.75 Å². The second-order valence-corrected chi connectivity index (χ2v) is 5.29. The Balaban J connectivity index is 2.24. The van der Waals surface area contributed by atoms with Crippen LogP contribution in [0.5, 0.6) is 5.75 Å². The summed E-state index contributed by atoms with van der Waals surface area (Å²) in [5.74, 6) is -1.81. The summed E-state index contributed by atoms with van der Waals surface area (Å²) in [7, 11) is 0. The van der Waals surface area contributed by atoms with Crippen molar-refractivity contribution in [3.05, 3.63) is 51.9 Å². The van der Waals surface area contributed by atoms with Crippen LogP contribution >= 0.6 is 11.3 Å². The summed E-state index contributed by atoms with van der Waals surface area (Å²) in [6.07, 6.45) is 1.04. The third kappa shape index (κ3) is 2.30. The van der Waals surface area contributed by atoms with Gasteiger partial charge in [0.25, 0.3) is 0 Å². The van der Waals surface area contributed by atoms with Crippen molar-refractivity contribution in [1.82, 2.24) is 0 Å². The van der Waals surface area contributed by atoms with Crippen LogP contribution in [0.25, 0.3) is 11.0 Å². The molecule has 0 fully saturated rings. The quantitative estimate of drug-likeness (QED) is 0.723. The molecule has 0 saturated carbocycles. The maximum absolute atomic E-state index is 12.5. The average molecular weight is 302 g/mol. The van der Waals surface area contributed by atoms with Gasteiger partial charge in [-0.3, -0.25) is 9.59 Å². The number of benzene rings is 1. The number of rotatable bonds is 4. The predicted octanol–water partition coefficient (Wildman–Crippen LogP) is 3.06. The predicted molar refractivity (Wildman–Crippen MR) is 77.0 cm³/mol. The maximum atomic E-state index is 12.5. The summed E-state index contributed by atoms with van der Waals surface area (Å²) in [5.41, 5.74) is 0.889. The molecule has 3 rings (SSSR count). The van der Waals surface area contributed by atoms with Crippen molar-refractivity contribution in [1.29, 1.82) is 0 Å². The fraction of sp³-hybridized carbons (Fsp3) is 0.0667. The highest BCUT2D eigenvalue weighted by Crippen LogP contribution is 2.34. The first-order chi connectivity index (χ1) is 10.1. The number of aromatic hydroxyl groups is 1. The van der Waals surface area contributed by atoms with Gasteiger partial charge in [0.15, 0.2) is 0 Å². The van der Waals surface area contributed by atoms with Crippen molar-refractivity contribution in [3.63, 3.8) is 0 Å². The Labute approximate surface area is 123 Å². The molecule has 2 aromatic heterocycles. The summed E-state index contributed by atoms with van der Waals surface area (Å²) in [5, 5.41) is 23.2. The number of carbonyl (C=O) groups is 2. The van der Waals surface area contributed by atoms with Gasteiger partial charge in [-0.05, 0) is 23.6 Å². The normalized spacial score (nSPS) is 10.9. The van der Waals surface area contributed by atoms with Gasteiger partial charge in [-0.1, -0.05) is 0 Å². The van der Waals surface area contributed by atoms with Crippen molar-refractivity contribution < 1.29 is 24.2 Å². The third-order valence-corrected chi connectivity index (χ3v) is 3.83. The SMILES string of the molecule is O=C(O)Cc1cc2ccoc2c(C(=O)c2ccsc2)c1O. The number of fused-ring (bicyclic) bond motifs is 1. The van der Waals surface area contributed by atoms with Gasteiger partial charge in [0, 0.05) is 21.9 Å². The minimum atomic E-state index is -1.08.